The Hall–Kier alpha value is -1.61. The molecule has 0 spiro atoms. The van der Waals surface area contributed by atoms with Gasteiger partial charge in [0.05, 0.1) is 5.54 Å². The Morgan fingerprint density at radius 2 is 1.82 bits per heavy atom. The average molecular weight is 434 g/mol. The van der Waals surface area contributed by atoms with E-state index in [-0.39, 0.29) is 36.6 Å². The van der Waals surface area contributed by atoms with E-state index in [4.69, 9.17) is 10.5 Å². The van der Waals surface area contributed by atoms with E-state index in [1.807, 2.05) is 23.1 Å². The number of nitrogens with two attached hydrogens (primary N) is 1. The third kappa shape index (κ3) is 6.20. The molecule has 10 heteroatoms. The van der Waals surface area contributed by atoms with Crippen LogP contribution in [0.15, 0.2) is 24.4 Å². The van der Waals surface area contributed by atoms with Crippen LogP contribution in [-0.4, -0.2) is 73.2 Å². The normalized spacial score (nSPS) is 18.5. The van der Waals surface area contributed by atoms with Crippen LogP contribution in [0.25, 0.3) is 0 Å². The molecule has 158 valence electrons. The van der Waals surface area contributed by atoms with Gasteiger partial charge in [0.15, 0.2) is 0 Å². The van der Waals surface area contributed by atoms with Gasteiger partial charge in [-0.1, -0.05) is 6.07 Å². The minimum Gasteiger partial charge on any atom is -0.381 e. The Morgan fingerprint density at radius 3 is 2.43 bits per heavy atom. The summed E-state index contributed by atoms with van der Waals surface area (Å²) < 4.78 is 5.25. The first kappa shape index (κ1) is 24.4. The van der Waals surface area contributed by atoms with Gasteiger partial charge in [0.1, 0.15) is 5.82 Å². The summed E-state index contributed by atoms with van der Waals surface area (Å²) in [6.45, 7) is 4.19. The second kappa shape index (κ2) is 11.4. The third-order valence-electron chi connectivity index (χ3n) is 5.07. The number of ether oxygens (including phenoxy) is 1. The van der Waals surface area contributed by atoms with Crippen molar-refractivity contribution >= 4 is 42.4 Å². The van der Waals surface area contributed by atoms with Crippen LogP contribution >= 0.6 is 24.8 Å². The highest BCUT2D eigenvalue weighted by molar-refractivity contribution is 5.86. The van der Waals surface area contributed by atoms with Gasteiger partial charge < -0.3 is 25.6 Å². The number of carbonyl (C=O) groups excluding carboxylic acids is 2. The number of pyridine rings is 1. The van der Waals surface area contributed by atoms with Crippen LogP contribution in [0.4, 0.5) is 5.82 Å². The molecule has 3 rings (SSSR count). The van der Waals surface area contributed by atoms with E-state index in [1.165, 1.54) is 0 Å². The summed E-state index contributed by atoms with van der Waals surface area (Å²) in [7, 11) is 0. The quantitative estimate of drug-likeness (QED) is 0.704. The molecular weight excluding hydrogens is 405 g/mol. The number of halogens is 2. The molecule has 2 fully saturated rings. The van der Waals surface area contributed by atoms with Crippen LogP contribution in [0.3, 0.4) is 0 Å². The Bertz CT molecular complexity index is 621. The summed E-state index contributed by atoms with van der Waals surface area (Å²) in [4.78, 5) is 33.0. The number of nitrogens with one attached hydrogen (secondary N) is 1. The lowest BCUT2D eigenvalue weighted by Crippen LogP contribution is -2.57. The number of carbonyl (C=O) groups is 2. The highest BCUT2D eigenvalue weighted by Gasteiger charge is 2.35. The summed E-state index contributed by atoms with van der Waals surface area (Å²) in [5, 5.41) is 2.81. The molecule has 0 aromatic carbocycles. The van der Waals surface area contributed by atoms with Crippen LogP contribution in [0.2, 0.25) is 0 Å². The van der Waals surface area contributed by atoms with Crippen LogP contribution in [0.1, 0.15) is 19.3 Å². The maximum atomic E-state index is 12.4. The Labute approximate surface area is 178 Å². The number of rotatable bonds is 5. The Morgan fingerprint density at radius 1 is 1.14 bits per heavy atom. The van der Waals surface area contributed by atoms with Gasteiger partial charge in [-0.3, -0.25) is 9.59 Å². The molecule has 0 unspecified atom stereocenters. The van der Waals surface area contributed by atoms with Gasteiger partial charge in [-0.25, -0.2) is 4.98 Å². The van der Waals surface area contributed by atoms with Crippen LogP contribution in [0, 0.1) is 0 Å². The van der Waals surface area contributed by atoms with Gasteiger partial charge in [-0.15, -0.1) is 24.8 Å². The number of hydrogen-bond acceptors (Lipinski definition) is 6. The Balaban J connectivity index is 0.00000196. The lowest BCUT2D eigenvalue weighted by Gasteiger charge is -2.35. The zero-order valence-electron chi connectivity index (χ0n) is 15.8. The third-order valence-corrected chi connectivity index (χ3v) is 5.07. The zero-order valence-corrected chi connectivity index (χ0v) is 17.5. The molecule has 1 aromatic heterocycles. The lowest BCUT2D eigenvalue weighted by molar-refractivity contribution is -0.132. The number of aromatic nitrogens is 1. The van der Waals surface area contributed by atoms with Crippen molar-refractivity contribution in [2.24, 2.45) is 5.73 Å². The number of amides is 2. The number of piperazine rings is 1. The highest BCUT2D eigenvalue weighted by Crippen LogP contribution is 2.17. The smallest absolute Gasteiger partial charge is 0.240 e. The molecule has 0 bridgehead atoms. The Kier molecular flexibility index (Phi) is 9.95. The number of hydrogen-bond donors (Lipinski definition) is 2. The minimum absolute atomic E-state index is 0. The van der Waals surface area contributed by atoms with Gasteiger partial charge in [-0.05, 0) is 25.0 Å². The summed E-state index contributed by atoms with van der Waals surface area (Å²) in [6.07, 6.45) is 3.10. The van der Waals surface area contributed by atoms with E-state index in [0.717, 1.165) is 18.9 Å². The molecule has 2 aliphatic heterocycles. The van der Waals surface area contributed by atoms with Crippen molar-refractivity contribution in [1.82, 2.24) is 15.2 Å². The fraction of sp³-hybridized carbons (Fsp3) is 0.611. The summed E-state index contributed by atoms with van der Waals surface area (Å²) in [5.41, 5.74) is 5.27. The van der Waals surface area contributed by atoms with Crippen molar-refractivity contribution in [2.45, 2.75) is 24.8 Å². The fourth-order valence-corrected chi connectivity index (χ4v) is 3.31. The molecule has 0 saturated carbocycles. The molecule has 0 aliphatic carbocycles. The standard InChI is InChI=1S/C18H27N5O3.2ClH/c19-18(5-13-26-14-6-18)17(25)21-8-4-16(24)23-11-9-22(10-12-23)15-3-1-2-7-20-15;;/h1-3,7H,4-6,8-14,19H2,(H,21,25);2*1H. The second-order valence-electron chi connectivity index (χ2n) is 6.83. The van der Waals surface area contributed by atoms with Crippen molar-refractivity contribution in [1.29, 1.82) is 0 Å². The first-order chi connectivity index (χ1) is 12.6. The molecule has 3 N–H and O–H groups in total. The van der Waals surface area contributed by atoms with E-state index in [2.05, 4.69) is 15.2 Å². The van der Waals surface area contributed by atoms with E-state index >= 15 is 0 Å². The molecule has 28 heavy (non-hydrogen) atoms. The predicted octanol–water partition coefficient (Wildman–Crippen LogP) is 0.588. The monoisotopic (exact) mass is 433 g/mol. The number of anilines is 1. The van der Waals surface area contributed by atoms with Crippen LogP contribution in [-0.2, 0) is 14.3 Å². The predicted molar refractivity (Wildman–Crippen MR) is 112 cm³/mol. The van der Waals surface area contributed by atoms with Gasteiger partial charge in [0.25, 0.3) is 0 Å². The summed E-state index contributed by atoms with van der Waals surface area (Å²) >= 11 is 0. The molecule has 2 aliphatic rings. The van der Waals surface area contributed by atoms with Crippen LogP contribution in [0.5, 0.6) is 0 Å². The lowest BCUT2D eigenvalue weighted by atomic mass is 9.90. The van der Waals surface area contributed by atoms with Crippen molar-refractivity contribution in [2.75, 3.05) is 50.8 Å². The molecule has 3 heterocycles. The van der Waals surface area contributed by atoms with Crippen molar-refractivity contribution < 1.29 is 14.3 Å². The summed E-state index contributed by atoms with van der Waals surface area (Å²) in [5.74, 6) is 0.814. The van der Waals surface area contributed by atoms with E-state index in [1.54, 1.807) is 6.20 Å². The largest absolute Gasteiger partial charge is 0.381 e. The van der Waals surface area contributed by atoms with E-state index in [0.29, 0.717) is 52.1 Å². The second-order valence-corrected chi connectivity index (χ2v) is 6.83. The average Bonchev–Trinajstić information content (AvgIpc) is 2.69. The molecule has 2 amide bonds. The molecule has 0 radical (unpaired) electrons. The maximum absolute atomic E-state index is 12.4. The SMILES string of the molecule is Cl.Cl.NC1(C(=O)NCCC(=O)N2CCN(c3ccccn3)CC2)CCOCC1. The van der Waals surface area contributed by atoms with Gasteiger partial charge in [0, 0.05) is 58.6 Å². The van der Waals surface area contributed by atoms with E-state index in [9.17, 15) is 9.59 Å². The topological polar surface area (TPSA) is 101 Å². The zero-order chi connectivity index (χ0) is 18.4. The number of nitrogens with zero attached hydrogens (tertiary/aromatic N) is 3. The first-order valence-corrected chi connectivity index (χ1v) is 9.17. The first-order valence-electron chi connectivity index (χ1n) is 9.17. The summed E-state index contributed by atoms with van der Waals surface area (Å²) in [6, 6.07) is 5.83. The van der Waals surface area contributed by atoms with Crippen molar-refractivity contribution in [3.63, 3.8) is 0 Å². The minimum atomic E-state index is -0.865. The molecular formula is C18H29Cl2N5O3. The highest BCUT2D eigenvalue weighted by atomic mass is 35.5. The molecule has 0 atom stereocenters. The molecule has 8 nitrogen and oxygen atoms in total. The molecule has 1 aromatic rings. The van der Waals surface area contributed by atoms with Gasteiger partial charge >= 0.3 is 0 Å². The van der Waals surface area contributed by atoms with Gasteiger partial charge in [0.2, 0.25) is 11.8 Å². The van der Waals surface area contributed by atoms with Crippen LogP contribution < -0.4 is 16.0 Å². The maximum Gasteiger partial charge on any atom is 0.240 e. The molecule has 2 saturated heterocycles. The fourth-order valence-electron chi connectivity index (χ4n) is 3.31. The van der Waals surface area contributed by atoms with Crippen molar-refractivity contribution in [3.8, 4) is 0 Å². The van der Waals surface area contributed by atoms with Gasteiger partial charge in [-0.2, -0.15) is 0 Å². The van der Waals surface area contributed by atoms with Crippen molar-refractivity contribution in [3.05, 3.63) is 24.4 Å². The van der Waals surface area contributed by atoms with E-state index < -0.39 is 5.54 Å².